The van der Waals surface area contributed by atoms with Crippen molar-refractivity contribution < 1.29 is 9.90 Å². The van der Waals surface area contributed by atoms with Crippen molar-refractivity contribution in [3.63, 3.8) is 0 Å². The highest BCUT2D eigenvalue weighted by Gasteiger charge is 2.13. The molecule has 1 aromatic carbocycles. The Bertz CT molecular complexity index is 365. The first-order valence-corrected chi connectivity index (χ1v) is 7.46. The average Bonchev–Trinajstić information content (AvgIpc) is 2.39. The van der Waals surface area contributed by atoms with Crippen LogP contribution in [0.2, 0.25) is 0 Å². The minimum atomic E-state index is -0.714. The monoisotopic (exact) mass is 267 g/mol. The maximum atomic E-state index is 10.8. The van der Waals surface area contributed by atoms with Crippen molar-refractivity contribution in [3.05, 3.63) is 29.8 Å². The van der Waals surface area contributed by atoms with E-state index >= 15 is 0 Å². The van der Waals surface area contributed by atoms with Crippen LogP contribution in [-0.2, 0) is 11.2 Å². The van der Waals surface area contributed by atoms with E-state index in [1.807, 2.05) is 6.92 Å². The van der Waals surface area contributed by atoms with Crippen molar-refractivity contribution in [2.75, 3.05) is 19.3 Å². The lowest BCUT2D eigenvalue weighted by Crippen LogP contribution is -2.29. The topological polar surface area (TPSA) is 49.3 Å². The number of carboxylic acid groups (broad SMARTS) is 1. The van der Waals surface area contributed by atoms with Crippen LogP contribution in [0.5, 0.6) is 0 Å². The SMILES string of the molecule is CCC(CNCCc1ccc(SC)cc1)C(=O)O. The molecular weight excluding hydrogens is 246 g/mol. The van der Waals surface area contributed by atoms with E-state index in [1.54, 1.807) is 11.8 Å². The minimum Gasteiger partial charge on any atom is -0.481 e. The molecule has 1 aromatic rings. The summed E-state index contributed by atoms with van der Waals surface area (Å²) in [6.07, 6.45) is 3.67. The second kappa shape index (κ2) is 8.16. The van der Waals surface area contributed by atoms with Gasteiger partial charge in [-0.05, 0) is 43.3 Å². The fourth-order valence-electron chi connectivity index (χ4n) is 1.71. The summed E-state index contributed by atoms with van der Waals surface area (Å²) in [5, 5.41) is 12.1. The Labute approximate surface area is 113 Å². The molecular formula is C14H21NO2S. The lowest BCUT2D eigenvalue weighted by Gasteiger charge is -2.11. The molecule has 0 saturated heterocycles. The number of nitrogens with one attached hydrogen (secondary N) is 1. The standard InChI is InChI=1S/C14H21NO2S/c1-3-12(14(16)17)10-15-9-8-11-4-6-13(18-2)7-5-11/h4-7,12,15H,3,8-10H2,1-2H3,(H,16,17). The number of carboxylic acids is 1. The Morgan fingerprint density at radius 1 is 1.39 bits per heavy atom. The highest BCUT2D eigenvalue weighted by atomic mass is 32.2. The van der Waals surface area contributed by atoms with Crippen LogP contribution in [0.15, 0.2) is 29.2 Å². The molecule has 0 bridgehead atoms. The molecule has 3 nitrogen and oxygen atoms in total. The van der Waals surface area contributed by atoms with Gasteiger partial charge in [0.1, 0.15) is 0 Å². The van der Waals surface area contributed by atoms with Crippen molar-refractivity contribution in [1.29, 1.82) is 0 Å². The van der Waals surface area contributed by atoms with Crippen LogP contribution in [0.3, 0.4) is 0 Å². The van der Waals surface area contributed by atoms with E-state index in [0.29, 0.717) is 13.0 Å². The van der Waals surface area contributed by atoms with Crippen LogP contribution in [0.4, 0.5) is 0 Å². The number of hydrogen-bond donors (Lipinski definition) is 2. The van der Waals surface area contributed by atoms with E-state index in [1.165, 1.54) is 10.5 Å². The highest BCUT2D eigenvalue weighted by molar-refractivity contribution is 7.98. The summed E-state index contributed by atoms with van der Waals surface area (Å²) in [7, 11) is 0. The summed E-state index contributed by atoms with van der Waals surface area (Å²) in [6, 6.07) is 8.49. The van der Waals surface area contributed by atoms with Crippen molar-refractivity contribution in [2.45, 2.75) is 24.7 Å². The molecule has 0 aliphatic carbocycles. The quantitative estimate of drug-likeness (QED) is 0.561. The van der Waals surface area contributed by atoms with Crippen molar-refractivity contribution in [2.24, 2.45) is 5.92 Å². The summed E-state index contributed by atoms with van der Waals surface area (Å²) in [6.45, 7) is 3.28. The average molecular weight is 267 g/mol. The minimum absolute atomic E-state index is 0.274. The van der Waals surface area contributed by atoms with Gasteiger partial charge in [0.2, 0.25) is 0 Å². The Morgan fingerprint density at radius 2 is 2.06 bits per heavy atom. The largest absolute Gasteiger partial charge is 0.481 e. The number of carbonyl (C=O) groups is 1. The third-order valence-electron chi connectivity index (χ3n) is 2.98. The van der Waals surface area contributed by atoms with Gasteiger partial charge in [-0.15, -0.1) is 11.8 Å². The zero-order valence-corrected chi connectivity index (χ0v) is 11.8. The lowest BCUT2D eigenvalue weighted by molar-refractivity contribution is -0.141. The third kappa shape index (κ3) is 5.10. The van der Waals surface area contributed by atoms with Gasteiger partial charge >= 0.3 is 5.97 Å². The fourth-order valence-corrected chi connectivity index (χ4v) is 2.12. The normalized spacial score (nSPS) is 12.3. The van der Waals surface area contributed by atoms with Gasteiger partial charge < -0.3 is 10.4 Å². The van der Waals surface area contributed by atoms with Crippen LogP contribution < -0.4 is 5.32 Å². The predicted molar refractivity (Wildman–Crippen MR) is 76.2 cm³/mol. The number of hydrogen-bond acceptors (Lipinski definition) is 3. The molecule has 4 heteroatoms. The Kier molecular flexibility index (Phi) is 6.83. The third-order valence-corrected chi connectivity index (χ3v) is 3.73. The van der Waals surface area contributed by atoms with E-state index in [0.717, 1.165) is 13.0 Å². The van der Waals surface area contributed by atoms with E-state index in [9.17, 15) is 4.79 Å². The van der Waals surface area contributed by atoms with Gasteiger partial charge in [0.05, 0.1) is 5.92 Å². The van der Waals surface area contributed by atoms with Crippen LogP contribution >= 0.6 is 11.8 Å². The van der Waals surface area contributed by atoms with Crippen molar-refractivity contribution >= 4 is 17.7 Å². The maximum absolute atomic E-state index is 10.8. The molecule has 0 radical (unpaired) electrons. The molecule has 0 aliphatic heterocycles. The van der Waals surface area contributed by atoms with Crippen LogP contribution in [0.25, 0.3) is 0 Å². The maximum Gasteiger partial charge on any atom is 0.307 e. The zero-order valence-electron chi connectivity index (χ0n) is 11.0. The van der Waals surface area contributed by atoms with Crippen LogP contribution in [0, 0.1) is 5.92 Å². The molecule has 0 aliphatic rings. The number of benzene rings is 1. The molecule has 0 heterocycles. The first-order chi connectivity index (χ1) is 8.67. The number of rotatable bonds is 8. The second-order valence-corrected chi connectivity index (χ2v) is 5.13. The smallest absolute Gasteiger partial charge is 0.307 e. The van der Waals surface area contributed by atoms with E-state index < -0.39 is 5.97 Å². The Hall–Kier alpha value is -1.00. The second-order valence-electron chi connectivity index (χ2n) is 4.25. The van der Waals surface area contributed by atoms with E-state index in [4.69, 9.17) is 5.11 Å². The van der Waals surface area contributed by atoms with Crippen LogP contribution in [-0.4, -0.2) is 30.4 Å². The zero-order chi connectivity index (χ0) is 13.4. The summed E-state index contributed by atoms with van der Waals surface area (Å²) >= 11 is 1.74. The summed E-state index contributed by atoms with van der Waals surface area (Å²) in [4.78, 5) is 12.1. The Morgan fingerprint density at radius 3 is 2.56 bits per heavy atom. The van der Waals surface area contributed by atoms with E-state index in [2.05, 4.69) is 35.8 Å². The van der Waals surface area contributed by atoms with Gasteiger partial charge in [-0.25, -0.2) is 0 Å². The first kappa shape index (κ1) is 15.1. The van der Waals surface area contributed by atoms with Gasteiger partial charge in [-0.1, -0.05) is 19.1 Å². The summed E-state index contributed by atoms with van der Waals surface area (Å²) < 4.78 is 0. The molecule has 0 amide bonds. The lowest BCUT2D eigenvalue weighted by atomic mass is 10.1. The Balaban J connectivity index is 2.26. The number of aliphatic carboxylic acids is 1. The van der Waals surface area contributed by atoms with Crippen molar-refractivity contribution in [1.82, 2.24) is 5.32 Å². The first-order valence-electron chi connectivity index (χ1n) is 6.23. The molecule has 0 saturated carbocycles. The molecule has 100 valence electrons. The van der Waals surface area contributed by atoms with Gasteiger partial charge in [-0.3, -0.25) is 4.79 Å². The molecule has 2 N–H and O–H groups in total. The summed E-state index contributed by atoms with van der Waals surface area (Å²) in [5.41, 5.74) is 1.28. The molecule has 18 heavy (non-hydrogen) atoms. The molecule has 1 unspecified atom stereocenters. The molecule has 1 atom stereocenters. The molecule has 1 rings (SSSR count). The number of thioether (sulfide) groups is 1. The van der Waals surface area contributed by atoms with Crippen LogP contribution in [0.1, 0.15) is 18.9 Å². The van der Waals surface area contributed by atoms with Crippen molar-refractivity contribution in [3.8, 4) is 0 Å². The highest BCUT2D eigenvalue weighted by Crippen LogP contribution is 2.14. The summed E-state index contributed by atoms with van der Waals surface area (Å²) in [5.74, 6) is -0.988. The van der Waals surface area contributed by atoms with E-state index in [-0.39, 0.29) is 5.92 Å². The fraction of sp³-hybridized carbons (Fsp3) is 0.500. The molecule has 0 fully saturated rings. The van der Waals surface area contributed by atoms with Gasteiger partial charge in [0.15, 0.2) is 0 Å². The van der Waals surface area contributed by atoms with Gasteiger partial charge in [0.25, 0.3) is 0 Å². The predicted octanol–water partition coefficient (Wildman–Crippen LogP) is 2.65. The molecule has 0 aromatic heterocycles. The molecule has 0 spiro atoms. The van der Waals surface area contributed by atoms with Gasteiger partial charge in [0, 0.05) is 11.4 Å². The van der Waals surface area contributed by atoms with Gasteiger partial charge in [-0.2, -0.15) is 0 Å².